The molecule has 0 bridgehead atoms. The van der Waals surface area contributed by atoms with Crippen molar-refractivity contribution < 1.29 is 18.0 Å². The second kappa shape index (κ2) is 10.7. The molecular weight excluding hydrogens is 527 g/mol. The minimum absolute atomic E-state index is 0.164. The Morgan fingerprint density at radius 1 is 0.659 bits per heavy atom. The lowest BCUT2D eigenvalue weighted by Crippen LogP contribution is -1.90. The number of aliphatic hydroxyl groups excluding tert-OH is 1. The number of aryl methyl sites for hydroxylation is 1. The van der Waals surface area contributed by atoms with Gasteiger partial charge >= 0.3 is 8.24 Å². The average molecular weight is 555 g/mol. The lowest BCUT2D eigenvalue weighted by Gasteiger charge is -2.14. The van der Waals surface area contributed by atoms with Crippen LogP contribution in [0.15, 0.2) is 136 Å². The maximum Gasteiger partial charge on any atom is 0.453 e. The molecule has 4 nitrogen and oxygen atoms in total. The maximum absolute atomic E-state index is 10.4. The van der Waals surface area contributed by atoms with Crippen molar-refractivity contribution in [2.75, 3.05) is 0 Å². The molecule has 0 aliphatic carbocycles. The molecule has 41 heavy (non-hydrogen) atoms. The van der Waals surface area contributed by atoms with Crippen molar-refractivity contribution >= 4 is 41.0 Å². The lowest BCUT2D eigenvalue weighted by molar-refractivity contribution is 0.282. The number of benzene rings is 6. The van der Waals surface area contributed by atoms with Crippen LogP contribution in [-0.2, 0) is 6.61 Å². The summed E-state index contributed by atoms with van der Waals surface area (Å²) in [5.74, 6) is 0.680. The van der Waals surface area contributed by atoms with E-state index in [2.05, 4.69) is 60.7 Å². The van der Waals surface area contributed by atoms with E-state index in [1.165, 1.54) is 0 Å². The fourth-order valence-electron chi connectivity index (χ4n) is 5.48. The van der Waals surface area contributed by atoms with Crippen molar-refractivity contribution in [3.63, 3.8) is 0 Å². The first-order valence-electron chi connectivity index (χ1n) is 13.5. The SMILES string of the molecule is Cc1cc(CO)c2op(Oc3c(-c4ccccc4)cccc3-c3ccccc3)oc3ccc4ccccc4c3c2c1. The third-order valence-corrected chi connectivity index (χ3v) is 8.34. The Bertz CT molecular complexity index is 2010. The number of rotatable bonds is 5. The molecule has 0 saturated carbocycles. The van der Waals surface area contributed by atoms with Gasteiger partial charge in [-0.1, -0.05) is 109 Å². The summed E-state index contributed by atoms with van der Waals surface area (Å²) in [6.45, 7) is 1.86. The van der Waals surface area contributed by atoms with E-state index in [1.807, 2.05) is 73.7 Å². The van der Waals surface area contributed by atoms with Crippen LogP contribution < -0.4 is 4.52 Å². The first-order chi connectivity index (χ1) is 20.2. The van der Waals surface area contributed by atoms with E-state index in [0.717, 1.165) is 49.4 Å². The Balaban J connectivity index is 1.55. The standard InChI is InChI=1S/C36H27O4P/c1-24-21-28(23-37)35-32(22-24)34-29-16-9-8-15-27(29)19-20-33(34)38-41(39-35)40-36-30(25-11-4-2-5-12-25)17-10-18-31(36)26-13-6-3-7-14-26/h2-22,37H,23H2,1H3. The highest BCUT2D eigenvalue weighted by Gasteiger charge is 2.19. The van der Waals surface area contributed by atoms with Gasteiger partial charge in [0.25, 0.3) is 0 Å². The summed E-state index contributed by atoms with van der Waals surface area (Å²) >= 11 is 0. The van der Waals surface area contributed by atoms with Crippen LogP contribution in [0.5, 0.6) is 5.75 Å². The second-order valence-corrected chi connectivity index (χ2v) is 11.0. The Morgan fingerprint density at radius 2 is 1.32 bits per heavy atom. The van der Waals surface area contributed by atoms with Crippen LogP contribution in [0.25, 0.3) is 55.0 Å². The zero-order valence-corrected chi connectivity index (χ0v) is 23.3. The first-order valence-corrected chi connectivity index (χ1v) is 14.6. The van der Waals surface area contributed by atoms with Crippen molar-refractivity contribution in [1.29, 1.82) is 0 Å². The number of hydrogen-bond acceptors (Lipinski definition) is 4. The summed E-state index contributed by atoms with van der Waals surface area (Å²) in [6.07, 6.45) is 0. The molecule has 200 valence electrons. The first kappa shape index (κ1) is 25.2. The van der Waals surface area contributed by atoms with Gasteiger partial charge in [-0.15, -0.1) is 0 Å². The van der Waals surface area contributed by atoms with Crippen molar-refractivity contribution in [3.05, 3.63) is 139 Å². The highest BCUT2D eigenvalue weighted by atomic mass is 31.1. The quantitative estimate of drug-likeness (QED) is 0.230. The van der Waals surface area contributed by atoms with E-state index in [9.17, 15) is 5.11 Å². The molecule has 0 aliphatic rings. The molecule has 5 heteroatoms. The molecule has 0 fully saturated rings. The highest BCUT2D eigenvalue weighted by molar-refractivity contribution is 7.32. The smallest absolute Gasteiger partial charge is 0.392 e. The van der Waals surface area contributed by atoms with Crippen LogP contribution in [0, 0.1) is 6.92 Å². The van der Waals surface area contributed by atoms with Crippen LogP contribution in [0.2, 0.25) is 0 Å². The highest BCUT2D eigenvalue weighted by Crippen LogP contribution is 2.46. The van der Waals surface area contributed by atoms with Gasteiger partial charge in [-0.05, 0) is 52.6 Å². The summed E-state index contributed by atoms with van der Waals surface area (Å²) in [6, 6.07) is 42.9. The van der Waals surface area contributed by atoms with E-state index >= 15 is 0 Å². The minimum atomic E-state index is -1.96. The van der Waals surface area contributed by atoms with Gasteiger partial charge < -0.3 is 18.0 Å². The molecule has 0 saturated heterocycles. The van der Waals surface area contributed by atoms with Crippen LogP contribution in [0.3, 0.4) is 0 Å². The molecule has 0 amide bonds. The predicted molar refractivity (Wildman–Crippen MR) is 168 cm³/mol. The molecule has 1 atom stereocenters. The number of aliphatic hydroxyl groups is 1. The summed E-state index contributed by atoms with van der Waals surface area (Å²) < 4.78 is 20.0. The molecule has 1 aromatic heterocycles. The average Bonchev–Trinajstić information content (AvgIpc) is 3.18. The molecule has 6 aromatic carbocycles. The van der Waals surface area contributed by atoms with Gasteiger partial charge in [0.05, 0.1) is 6.61 Å². The molecule has 0 aliphatic heterocycles. The van der Waals surface area contributed by atoms with E-state index in [0.29, 0.717) is 22.5 Å². The van der Waals surface area contributed by atoms with Crippen molar-refractivity contribution in [3.8, 4) is 28.0 Å². The molecule has 1 heterocycles. The van der Waals surface area contributed by atoms with Gasteiger partial charge in [0.15, 0.2) is 11.3 Å². The minimum Gasteiger partial charge on any atom is -0.392 e. The van der Waals surface area contributed by atoms with Crippen molar-refractivity contribution in [1.82, 2.24) is 0 Å². The monoisotopic (exact) mass is 554 g/mol. The Labute approximate surface area is 238 Å². The topological polar surface area (TPSA) is 55.7 Å². The number of hydrogen-bond donors (Lipinski definition) is 1. The third kappa shape index (κ3) is 4.68. The van der Waals surface area contributed by atoms with Crippen molar-refractivity contribution in [2.24, 2.45) is 0 Å². The molecule has 1 unspecified atom stereocenters. The van der Waals surface area contributed by atoms with Crippen LogP contribution in [-0.4, -0.2) is 5.11 Å². The number of fused-ring (bicyclic) bond motifs is 5. The molecule has 7 aromatic rings. The zero-order valence-electron chi connectivity index (χ0n) is 22.5. The summed E-state index contributed by atoms with van der Waals surface area (Å²) in [5, 5.41) is 14.3. The lowest BCUT2D eigenvalue weighted by atomic mass is 9.97. The maximum atomic E-state index is 10.4. The molecule has 1 N–H and O–H groups in total. The Hall–Kier alpha value is -4.76. The molecule has 0 spiro atoms. The van der Waals surface area contributed by atoms with Gasteiger partial charge in [-0.2, -0.15) is 0 Å². The van der Waals surface area contributed by atoms with Crippen molar-refractivity contribution in [2.45, 2.75) is 13.5 Å². The van der Waals surface area contributed by atoms with Gasteiger partial charge in [-0.3, -0.25) is 0 Å². The van der Waals surface area contributed by atoms with E-state index in [-0.39, 0.29) is 6.61 Å². The van der Waals surface area contributed by atoms with Crippen LogP contribution >= 0.6 is 8.24 Å². The fourth-order valence-corrected chi connectivity index (χ4v) is 6.61. The van der Waals surface area contributed by atoms with Crippen LogP contribution in [0.1, 0.15) is 11.1 Å². The molecular formula is C36H27O4P. The number of para-hydroxylation sites is 1. The third-order valence-electron chi connectivity index (χ3n) is 7.33. The zero-order chi connectivity index (χ0) is 27.8. The molecule has 7 rings (SSSR count). The van der Waals surface area contributed by atoms with E-state index in [4.69, 9.17) is 12.9 Å². The summed E-state index contributed by atoms with van der Waals surface area (Å²) in [5.41, 5.74) is 6.93. The van der Waals surface area contributed by atoms with Gasteiger partial charge in [-0.25, -0.2) is 0 Å². The van der Waals surface area contributed by atoms with Gasteiger partial charge in [0.1, 0.15) is 5.58 Å². The van der Waals surface area contributed by atoms with Gasteiger partial charge in [0.2, 0.25) is 0 Å². The van der Waals surface area contributed by atoms with E-state index in [1.54, 1.807) is 0 Å². The summed E-state index contributed by atoms with van der Waals surface area (Å²) in [4.78, 5) is 0. The molecule has 0 radical (unpaired) electrons. The summed E-state index contributed by atoms with van der Waals surface area (Å²) in [7, 11) is -1.96. The largest absolute Gasteiger partial charge is 0.453 e. The Kier molecular flexibility index (Phi) is 6.56. The predicted octanol–water partition coefficient (Wildman–Crippen LogP) is 10.4. The van der Waals surface area contributed by atoms with E-state index < -0.39 is 8.24 Å². The second-order valence-electron chi connectivity index (χ2n) is 10.0. The van der Waals surface area contributed by atoms with Crippen LogP contribution in [0.4, 0.5) is 0 Å². The fraction of sp³-hybridized carbons (Fsp3) is 0.0556. The normalized spacial score (nSPS) is 11.7. The Morgan fingerprint density at radius 3 is 2.00 bits per heavy atom. The van der Waals surface area contributed by atoms with Gasteiger partial charge in [0, 0.05) is 27.5 Å².